The van der Waals surface area contributed by atoms with E-state index in [1.54, 1.807) is 0 Å². The van der Waals surface area contributed by atoms with Gasteiger partial charge in [0.1, 0.15) is 48.7 Å². The summed E-state index contributed by atoms with van der Waals surface area (Å²) in [7, 11) is 0. The van der Waals surface area contributed by atoms with Gasteiger partial charge in [-0.2, -0.15) is 0 Å². The van der Waals surface area contributed by atoms with Gasteiger partial charge in [0.05, 0.1) is 13.2 Å². The van der Waals surface area contributed by atoms with Crippen LogP contribution in [0, 0.1) is 0 Å². The minimum Gasteiger partial charge on any atom is -0.394 e. The normalized spacial score (nSPS) is 42.9. The van der Waals surface area contributed by atoms with Crippen molar-refractivity contribution < 1.29 is 54.4 Å². The lowest BCUT2D eigenvalue weighted by molar-refractivity contribution is -0.327. The SMILES string of the molecule is CC(=O)N[C@@H]1[C@H](O[C@H]2[C@H](O)[C@H](NC(C)=O)[C@H](O)O[C@@H]2CO)O[C@H](CO)[C@@H](O)[C@@H]1O. The van der Waals surface area contributed by atoms with Crippen molar-refractivity contribution in [2.45, 2.75) is 75.1 Å². The number of hydrogen-bond donors (Lipinski definition) is 8. The van der Waals surface area contributed by atoms with Crippen molar-refractivity contribution in [3.8, 4) is 0 Å². The molecule has 13 heteroatoms. The lowest BCUT2D eigenvalue weighted by Crippen LogP contribution is -2.69. The molecule has 2 fully saturated rings. The van der Waals surface area contributed by atoms with Crippen LogP contribution in [-0.4, -0.2) is 117 Å². The van der Waals surface area contributed by atoms with Gasteiger partial charge in [-0.15, -0.1) is 0 Å². The second kappa shape index (κ2) is 10.1. The average molecular weight is 424 g/mol. The standard InChI is InChI=1S/C16H28N2O11/c1-5(21)17-9-13(25)14(8(4-20)27-15(9)26)29-16-10(18-6(2)22)12(24)11(23)7(3-19)28-16/h7-16,19-20,23-26H,3-4H2,1-2H3,(H,17,21)(H,18,22)/t7-,8-,9+,10+,11-,12-,13-,14-,15-,16+/m1/s1. The maximum atomic E-state index is 11.5. The van der Waals surface area contributed by atoms with Gasteiger partial charge in [-0.05, 0) is 0 Å². The number of carbonyl (C=O) groups excluding carboxylic acids is 2. The molecule has 13 nitrogen and oxygen atoms in total. The fourth-order valence-electron chi connectivity index (χ4n) is 3.38. The number of aliphatic hydroxyl groups excluding tert-OH is 6. The number of rotatable bonds is 6. The van der Waals surface area contributed by atoms with Gasteiger partial charge in [0.2, 0.25) is 11.8 Å². The Morgan fingerprint density at radius 3 is 1.90 bits per heavy atom. The van der Waals surface area contributed by atoms with Crippen LogP contribution >= 0.6 is 0 Å². The minimum absolute atomic E-state index is 0.568. The van der Waals surface area contributed by atoms with E-state index in [1.807, 2.05) is 0 Å². The highest BCUT2D eigenvalue weighted by atomic mass is 16.7. The molecule has 0 unspecified atom stereocenters. The molecular formula is C16H28N2O11. The van der Waals surface area contributed by atoms with Gasteiger partial charge in [-0.1, -0.05) is 0 Å². The van der Waals surface area contributed by atoms with Crippen LogP contribution in [0.5, 0.6) is 0 Å². The molecule has 0 spiro atoms. The molecule has 0 saturated carbocycles. The van der Waals surface area contributed by atoms with E-state index in [4.69, 9.17) is 14.2 Å². The zero-order valence-electron chi connectivity index (χ0n) is 15.9. The van der Waals surface area contributed by atoms with Crippen LogP contribution in [0.2, 0.25) is 0 Å². The first kappa shape index (κ1) is 23.9. The highest BCUT2D eigenvalue weighted by Crippen LogP contribution is 2.28. The molecule has 2 heterocycles. The third kappa shape index (κ3) is 5.39. The van der Waals surface area contributed by atoms with Crippen LogP contribution in [0.3, 0.4) is 0 Å². The Balaban J connectivity index is 2.26. The highest BCUT2D eigenvalue weighted by Gasteiger charge is 2.51. The van der Waals surface area contributed by atoms with Crippen LogP contribution in [0.1, 0.15) is 13.8 Å². The smallest absolute Gasteiger partial charge is 0.217 e. The lowest BCUT2D eigenvalue weighted by Gasteiger charge is -2.47. The molecule has 0 aliphatic carbocycles. The monoisotopic (exact) mass is 424 g/mol. The Bertz CT molecular complexity index is 579. The summed E-state index contributed by atoms with van der Waals surface area (Å²) in [5.74, 6) is -1.14. The summed E-state index contributed by atoms with van der Waals surface area (Å²) in [5, 5.41) is 64.5. The molecule has 2 aliphatic rings. The van der Waals surface area contributed by atoms with Gasteiger partial charge < -0.3 is 55.5 Å². The van der Waals surface area contributed by atoms with Crippen LogP contribution in [0.4, 0.5) is 0 Å². The summed E-state index contributed by atoms with van der Waals surface area (Å²) in [6.45, 7) is 0.962. The lowest BCUT2D eigenvalue weighted by atomic mass is 9.94. The van der Waals surface area contributed by atoms with E-state index in [0.717, 1.165) is 13.8 Å². The predicted octanol–water partition coefficient (Wildman–Crippen LogP) is -5.11. The van der Waals surface area contributed by atoms with Crippen molar-refractivity contribution in [2.24, 2.45) is 0 Å². The minimum atomic E-state index is -1.64. The average Bonchev–Trinajstić information content (AvgIpc) is 2.65. The molecule has 2 rings (SSSR count). The van der Waals surface area contributed by atoms with Gasteiger partial charge in [-0.25, -0.2) is 0 Å². The summed E-state index contributed by atoms with van der Waals surface area (Å²) in [6, 6.07) is -2.59. The van der Waals surface area contributed by atoms with Gasteiger partial charge in [0, 0.05) is 13.8 Å². The zero-order chi connectivity index (χ0) is 21.9. The fraction of sp³-hybridized carbons (Fsp3) is 0.875. The number of amides is 2. The maximum Gasteiger partial charge on any atom is 0.217 e. The van der Waals surface area contributed by atoms with Crippen molar-refractivity contribution in [2.75, 3.05) is 13.2 Å². The first-order valence-electron chi connectivity index (χ1n) is 9.05. The Morgan fingerprint density at radius 2 is 1.38 bits per heavy atom. The number of carbonyl (C=O) groups is 2. The zero-order valence-corrected chi connectivity index (χ0v) is 15.9. The molecule has 2 saturated heterocycles. The Labute approximate surface area is 166 Å². The molecule has 10 atom stereocenters. The van der Waals surface area contributed by atoms with E-state index in [1.165, 1.54) is 0 Å². The molecule has 0 bridgehead atoms. The van der Waals surface area contributed by atoms with Crippen LogP contribution in [0.15, 0.2) is 0 Å². The number of nitrogens with one attached hydrogen (secondary N) is 2. The third-order valence-corrected chi connectivity index (χ3v) is 4.78. The van der Waals surface area contributed by atoms with E-state index in [-0.39, 0.29) is 0 Å². The Hall–Kier alpha value is -1.42. The topological polar surface area (TPSA) is 207 Å². The molecule has 2 aliphatic heterocycles. The molecular weight excluding hydrogens is 396 g/mol. The van der Waals surface area contributed by atoms with E-state index >= 15 is 0 Å². The molecule has 0 radical (unpaired) electrons. The molecule has 29 heavy (non-hydrogen) atoms. The summed E-state index contributed by atoms with van der Waals surface area (Å²) >= 11 is 0. The molecule has 0 aromatic heterocycles. The van der Waals surface area contributed by atoms with Gasteiger partial charge in [-0.3, -0.25) is 9.59 Å². The molecule has 2 amide bonds. The largest absolute Gasteiger partial charge is 0.394 e. The number of aliphatic hydroxyl groups is 6. The van der Waals surface area contributed by atoms with Crippen LogP contribution in [-0.2, 0) is 23.8 Å². The van der Waals surface area contributed by atoms with E-state index in [2.05, 4.69) is 10.6 Å². The van der Waals surface area contributed by atoms with Crippen molar-refractivity contribution in [3.63, 3.8) is 0 Å². The van der Waals surface area contributed by atoms with Crippen molar-refractivity contribution in [1.29, 1.82) is 0 Å². The second-order valence-electron chi connectivity index (χ2n) is 7.00. The van der Waals surface area contributed by atoms with Crippen LogP contribution in [0.25, 0.3) is 0 Å². The van der Waals surface area contributed by atoms with E-state index < -0.39 is 86.3 Å². The van der Waals surface area contributed by atoms with Crippen molar-refractivity contribution in [1.82, 2.24) is 10.6 Å². The number of hydrogen-bond acceptors (Lipinski definition) is 11. The molecule has 168 valence electrons. The number of ether oxygens (including phenoxy) is 3. The third-order valence-electron chi connectivity index (χ3n) is 4.78. The predicted molar refractivity (Wildman–Crippen MR) is 91.8 cm³/mol. The fourth-order valence-corrected chi connectivity index (χ4v) is 3.38. The van der Waals surface area contributed by atoms with Gasteiger partial charge >= 0.3 is 0 Å². The van der Waals surface area contributed by atoms with Crippen LogP contribution < -0.4 is 10.6 Å². The summed E-state index contributed by atoms with van der Waals surface area (Å²) in [5.41, 5.74) is 0. The first-order valence-corrected chi connectivity index (χ1v) is 9.05. The second-order valence-corrected chi connectivity index (χ2v) is 7.00. The highest BCUT2D eigenvalue weighted by molar-refractivity contribution is 5.73. The summed E-state index contributed by atoms with van der Waals surface area (Å²) in [6.07, 6.45) is -11.7. The summed E-state index contributed by atoms with van der Waals surface area (Å²) in [4.78, 5) is 22.8. The molecule has 0 aromatic rings. The summed E-state index contributed by atoms with van der Waals surface area (Å²) < 4.78 is 16.3. The first-order chi connectivity index (χ1) is 13.6. The van der Waals surface area contributed by atoms with E-state index in [9.17, 15) is 40.2 Å². The van der Waals surface area contributed by atoms with E-state index in [0.29, 0.717) is 0 Å². The maximum absolute atomic E-state index is 11.5. The quantitative estimate of drug-likeness (QED) is 0.202. The van der Waals surface area contributed by atoms with Gasteiger partial charge in [0.25, 0.3) is 0 Å². The molecule has 8 N–H and O–H groups in total. The Morgan fingerprint density at radius 1 is 0.828 bits per heavy atom. The Kier molecular flexibility index (Phi) is 8.28. The van der Waals surface area contributed by atoms with Crippen molar-refractivity contribution in [3.05, 3.63) is 0 Å². The van der Waals surface area contributed by atoms with Crippen molar-refractivity contribution >= 4 is 11.8 Å². The van der Waals surface area contributed by atoms with Gasteiger partial charge in [0.15, 0.2) is 12.6 Å². The molecule has 0 aromatic carbocycles.